The van der Waals surface area contributed by atoms with Crippen LogP contribution in [0.3, 0.4) is 0 Å². The van der Waals surface area contributed by atoms with E-state index in [2.05, 4.69) is 11.9 Å². The Labute approximate surface area is 143 Å². The van der Waals surface area contributed by atoms with Crippen molar-refractivity contribution >= 4 is 42.1 Å². The minimum absolute atomic E-state index is 0. The number of nitrogens with zero attached hydrogens (tertiary/aromatic N) is 2. The van der Waals surface area contributed by atoms with Crippen molar-refractivity contribution in [2.75, 3.05) is 20.8 Å². The molecule has 1 amide bonds. The number of hydrogen-bond acceptors (Lipinski definition) is 5. The molecule has 0 saturated carbocycles. The number of nitrogens with two attached hydrogens (primary N) is 1. The highest BCUT2D eigenvalue weighted by Gasteiger charge is 2.25. The van der Waals surface area contributed by atoms with E-state index in [0.717, 1.165) is 22.0 Å². The summed E-state index contributed by atoms with van der Waals surface area (Å²) in [5.41, 5.74) is 6.78. The van der Waals surface area contributed by atoms with Gasteiger partial charge >= 0.3 is 0 Å². The van der Waals surface area contributed by atoms with E-state index >= 15 is 0 Å². The van der Waals surface area contributed by atoms with Crippen LogP contribution in [0.15, 0.2) is 0 Å². The number of hydrogen-bond donors (Lipinski definition) is 1. The molecule has 2 unspecified atom stereocenters. The van der Waals surface area contributed by atoms with Crippen LogP contribution in [0.5, 0.6) is 0 Å². The number of aryl methyl sites for hydroxylation is 2. The maximum atomic E-state index is 12.1. The summed E-state index contributed by atoms with van der Waals surface area (Å²) in [6.07, 6.45) is 0.916. The van der Waals surface area contributed by atoms with Gasteiger partial charge in [-0.3, -0.25) is 4.79 Å². The van der Waals surface area contributed by atoms with Gasteiger partial charge in [0.15, 0.2) is 0 Å². The van der Waals surface area contributed by atoms with Crippen molar-refractivity contribution in [2.45, 2.75) is 39.3 Å². The third kappa shape index (κ3) is 5.71. The minimum Gasteiger partial charge on any atom is -0.383 e. The molecule has 0 radical (unpaired) electrons. The van der Waals surface area contributed by atoms with Gasteiger partial charge in [-0.1, -0.05) is 6.92 Å². The van der Waals surface area contributed by atoms with Gasteiger partial charge < -0.3 is 15.4 Å². The number of thiazole rings is 1. The normalized spacial score (nSPS) is 12.9. The number of halogens is 2. The molecule has 21 heavy (non-hydrogen) atoms. The van der Waals surface area contributed by atoms with Crippen molar-refractivity contribution < 1.29 is 9.53 Å². The van der Waals surface area contributed by atoms with Crippen molar-refractivity contribution in [2.24, 2.45) is 5.73 Å². The van der Waals surface area contributed by atoms with Gasteiger partial charge in [-0.05, 0) is 20.3 Å². The number of rotatable bonds is 6. The highest BCUT2D eigenvalue weighted by molar-refractivity contribution is 7.11. The van der Waals surface area contributed by atoms with Crippen molar-refractivity contribution in [1.29, 1.82) is 0 Å². The van der Waals surface area contributed by atoms with Crippen LogP contribution in [0.1, 0.15) is 35.5 Å². The Bertz CT molecular complexity index is 443. The largest absolute Gasteiger partial charge is 0.383 e. The van der Waals surface area contributed by atoms with E-state index < -0.39 is 6.04 Å². The van der Waals surface area contributed by atoms with Crippen molar-refractivity contribution in [3.63, 3.8) is 0 Å². The molecule has 0 saturated heterocycles. The van der Waals surface area contributed by atoms with E-state index in [0.29, 0.717) is 0 Å². The molecule has 1 heterocycles. The monoisotopic (exact) mass is 357 g/mol. The molecule has 8 heteroatoms. The predicted molar refractivity (Wildman–Crippen MR) is 91.8 cm³/mol. The fourth-order valence-corrected chi connectivity index (χ4v) is 2.99. The zero-order chi connectivity index (χ0) is 14.6. The van der Waals surface area contributed by atoms with Gasteiger partial charge in [-0.2, -0.15) is 0 Å². The Hall–Kier alpha value is -0.400. The first kappa shape index (κ1) is 22.9. The molecule has 2 atom stereocenters. The molecule has 0 aliphatic rings. The van der Waals surface area contributed by atoms with E-state index in [1.165, 1.54) is 7.11 Å². The second kappa shape index (κ2) is 10.3. The first-order valence-corrected chi connectivity index (χ1v) is 7.21. The molecule has 2 N–H and O–H groups in total. The molecule has 124 valence electrons. The lowest BCUT2D eigenvalue weighted by Crippen LogP contribution is -2.45. The Balaban J connectivity index is 0. The quantitative estimate of drug-likeness (QED) is 0.848. The standard InChI is InChI=1S/C13H23N3O2S.2ClH/c1-6-11-15-8(2)12(19-11)9(3)16(4)13(17)10(14)7-18-5;;/h9-10H,6-7,14H2,1-5H3;2*1H. The van der Waals surface area contributed by atoms with Crippen molar-refractivity contribution in [1.82, 2.24) is 9.88 Å². The van der Waals surface area contributed by atoms with Crippen LogP contribution < -0.4 is 5.73 Å². The van der Waals surface area contributed by atoms with E-state index in [9.17, 15) is 4.79 Å². The Morgan fingerprint density at radius 3 is 2.48 bits per heavy atom. The average molecular weight is 358 g/mol. The van der Waals surface area contributed by atoms with E-state index in [4.69, 9.17) is 10.5 Å². The lowest BCUT2D eigenvalue weighted by Gasteiger charge is -2.27. The molecule has 5 nitrogen and oxygen atoms in total. The number of amides is 1. The third-order valence-electron chi connectivity index (χ3n) is 3.15. The molecule has 1 aromatic heterocycles. The van der Waals surface area contributed by atoms with Crippen molar-refractivity contribution in [3.05, 3.63) is 15.6 Å². The summed E-state index contributed by atoms with van der Waals surface area (Å²) in [5, 5.41) is 1.10. The number of carbonyl (C=O) groups excluding carboxylic acids is 1. The highest BCUT2D eigenvalue weighted by atomic mass is 35.5. The number of carbonyl (C=O) groups is 1. The Morgan fingerprint density at radius 2 is 2.05 bits per heavy atom. The molecule has 0 fully saturated rings. The summed E-state index contributed by atoms with van der Waals surface area (Å²) in [6, 6.07) is -0.635. The van der Waals surface area contributed by atoms with E-state index in [1.54, 1.807) is 23.3 Å². The second-order valence-electron chi connectivity index (χ2n) is 4.60. The van der Waals surface area contributed by atoms with Gasteiger partial charge in [0.25, 0.3) is 0 Å². The summed E-state index contributed by atoms with van der Waals surface area (Å²) in [5.74, 6) is -0.111. The highest BCUT2D eigenvalue weighted by Crippen LogP contribution is 2.29. The fraction of sp³-hybridized carbons (Fsp3) is 0.692. The number of aromatic nitrogens is 1. The van der Waals surface area contributed by atoms with E-state index in [-0.39, 0.29) is 43.4 Å². The summed E-state index contributed by atoms with van der Waals surface area (Å²) in [4.78, 5) is 19.4. The second-order valence-corrected chi connectivity index (χ2v) is 5.71. The summed E-state index contributed by atoms with van der Waals surface area (Å²) in [7, 11) is 3.31. The van der Waals surface area contributed by atoms with E-state index in [1.807, 2.05) is 13.8 Å². The topological polar surface area (TPSA) is 68.5 Å². The molecule has 1 rings (SSSR count). The lowest BCUT2D eigenvalue weighted by atomic mass is 10.2. The van der Waals surface area contributed by atoms with Gasteiger partial charge in [0.1, 0.15) is 6.04 Å². The molecule has 0 aliphatic heterocycles. The number of methoxy groups -OCH3 is 1. The maximum absolute atomic E-state index is 12.1. The molecule has 0 bridgehead atoms. The van der Waals surface area contributed by atoms with Crippen LogP contribution >= 0.6 is 36.2 Å². The van der Waals surface area contributed by atoms with Crippen LogP contribution in [0.2, 0.25) is 0 Å². The summed E-state index contributed by atoms with van der Waals surface area (Å²) in [6.45, 7) is 6.29. The zero-order valence-electron chi connectivity index (χ0n) is 13.1. The zero-order valence-corrected chi connectivity index (χ0v) is 15.5. The first-order chi connectivity index (χ1) is 8.92. The first-order valence-electron chi connectivity index (χ1n) is 6.39. The van der Waals surface area contributed by atoms with Crippen LogP contribution in [0.4, 0.5) is 0 Å². The molecule has 0 spiro atoms. The van der Waals surface area contributed by atoms with Gasteiger partial charge in [0.2, 0.25) is 5.91 Å². The van der Waals surface area contributed by atoms with Gasteiger partial charge in [0, 0.05) is 19.0 Å². The Morgan fingerprint density at radius 1 is 1.48 bits per heavy atom. The minimum atomic E-state index is -0.615. The van der Waals surface area contributed by atoms with Crippen LogP contribution in [0.25, 0.3) is 0 Å². The van der Waals surface area contributed by atoms with Crippen LogP contribution in [0, 0.1) is 6.92 Å². The predicted octanol–water partition coefficient (Wildman–Crippen LogP) is 2.35. The fourth-order valence-electron chi connectivity index (χ4n) is 1.88. The SMILES string of the molecule is CCc1nc(C)c(C(C)N(C)C(=O)C(N)COC)s1.Cl.Cl. The van der Waals surface area contributed by atoms with Crippen molar-refractivity contribution in [3.8, 4) is 0 Å². The number of ether oxygens (including phenoxy) is 1. The Kier molecular flexibility index (Phi) is 11.3. The van der Waals surface area contributed by atoms with Gasteiger partial charge in [-0.25, -0.2) is 4.98 Å². The molecule has 1 aromatic rings. The lowest BCUT2D eigenvalue weighted by molar-refractivity contribution is -0.134. The van der Waals surface area contributed by atoms with Gasteiger partial charge in [-0.15, -0.1) is 36.2 Å². The van der Waals surface area contributed by atoms with Crippen LogP contribution in [-0.2, 0) is 16.0 Å². The third-order valence-corrected chi connectivity index (χ3v) is 4.62. The maximum Gasteiger partial charge on any atom is 0.242 e. The molecular weight excluding hydrogens is 333 g/mol. The van der Waals surface area contributed by atoms with Crippen LogP contribution in [-0.4, -0.2) is 42.6 Å². The smallest absolute Gasteiger partial charge is 0.242 e. The molecule has 0 aliphatic carbocycles. The van der Waals surface area contributed by atoms with Gasteiger partial charge in [0.05, 0.1) is 23.4 Å². The molecule has 0 aromatic carbocycles. The number of likely N-dealkylation sites (N-methyl/N-ethyl adjacent to an activating group) is 1. The molecular formula is C13H25Cl2N3O2S. The average Bonchev–Trinajstić information content (AvgIpc) is 2.77. The summed E-state index contributed by atoms with van der Waals surface area (Å²) >= 11 is 1.66. The summed E-state index contributed by atoms with van der Waals surface area (Å²) < 4.78 is 4.92.